The van der Waals surface area contributed by atoms with Crippen LogP contribution in [-0.4, -0.2) is 5.11 Å². The molecule has 0 spiro atoms. The normalized spacial score (nSPS) is 11.9. The Labute approximate surface area is 146 Å². The van der Waals surface area contributed by atoms with Crippen LogP contribution in [0.25, 0.3) is 0 Å². The maximum Gasteiger partial charge on any atom is 0.0751 e. The SMILES string of the molecule is CCCCCCCCCCCCCCCC=CCCCC=CO. The zero-order valence-electron chi connectivity index (χ0n) is 15.8. The third-order valence-electron chi connectivity index (χ3n) is 4.49. The quantitative estimate of drug-likeness (QED) is 0.153. The van der Waals surface area contributed by atoms with Crippen molar-refractivity contribution in [3.63, 3.8) is 0 Å². The molecule has 136 valence electrons. The molecular formula is C22H42O. The van der Waals surface area contributed by atoms with Gasteiger partial charge in [-0.2, -0.15) is 0 Å². The molecule has 0 heterocycles. The van der Waals surface area contributed by atoms with Crippen molar-refractivity contribution in [1.29, 1.82) is 0 Å². The molecule has 0 aromatic rings. The summed E-state index contributed by atoms with van der Waals surface area (Å²) < 4.78 is 0. The van der Waals surface area contributed by atoms with E-state index in [1.54, 1.807) is 0 Å². The van der Waals surface area contributed by atoms with Crippen molar-refractivity contribution in [3.05, 3.63) is 24.5 Å². The Morgan fingerprint density at radius 3 is 1.35 bits per heavy atom. The van der Waals surface area contributed by atoms with Gasteiger partial charge in [0.2, 0.25) is 0 Å². The molecule has 0 unspecified atom stereocenters. The largest absolute Gasteiger partial charge is 0.516 e. The number of aliphatic hydroxyl groups is 1. The van der Waals surface area contributed by atoms with Crippen LogP contribution in [0.2, 0.25) is 0 Å². The van der Waals surface area contributed by atoms with Gasteiger partial charge in [0.1, 0.15) is 0 Å². The fraction of sp³-hybridized carbons (Fsp3) is 0.818. The van der Waals surface area contributed by atoms with Gasteiger partial charge in [0, 0.05) is 0 Å². The lowest BCUT2D eigenvalue weighted by molar-refractivity contribution is 0.470. The number of allylic oxidation sites excluding steroid dienone is 3. The smallest absolute Gasteiger partial charge is 0.0751 e. The van der Waals surface area contributed by atoms with Crippen LogP contribution in [0.1, 0.15) is 116 Å². The Bertz CT molecular complexity index is 255. The zero-order valence-corrected chi connectivity index (χ0v) is 15.8. The number of rotatable bonds is 18. The summed E-state index contributed by atoms with van der Waals surface area (Å²) in [6.07, 6.45) is 30.7. The molecule has 0 radical (unpaired) electrons. The molecule has 0 amide bonds. The fourth-order valence-corrected chi connectivity index (χ4v) is 2.94. The minimum Gasteiger partial charge on any atom is -0.516 e. The molecule has 0 aromatic heterocycles. The van der Waals surface area contributed by atoms with Gasteiger partial charge in [0.25, 0.3) is 0 Å². The highest BCUT2D eigenvalue weighted by Crippen LogP contribution is 2.13. The average Bonchev–Trinajstić information content (AvgIpc) is 2.57. The third-order valence-corrected chi connectivity index (χ3v) is 4.49. The van der Waals surface area contributed by atoms with Crippen molar-refractivity contribution >= 4 is 0 Å². The molecule has 0 aliphatic carbocycles. The van der Waals surface area contributed by atoms with Gasteiger partial charge in [0.15, 0.2) is 0 Å². The Hall–Kier alpha value is -0.720. The fourth-order valence-electron chi connectivity index (χ4n) is 2.94. The molecule has 0 aliphatic rings. The number of unbranched alkanes of at least 4 members (excludes halogenated alkanes) is 15. The maximum atomic E-state index is 8.51. The highest BCUT2D eigenvalue weighted by atomic mass is 16.2. The second kappa shape index (κ2) is 21.3. The van der Waals surface area contributed by atoms with Crippen molar-refractivity contribution in [1.82, 2.24) is 0 Å². The van der Waals surface area contributed by atoms with Gasteiger partial charge in [-0.15, -0.1) is 0 Å². The monoisotopic (exact) mass is 322 g/mol. The molecule has 1 heteroatoms. The first kappa shape index (κ1) is 22.3. The average molecular weight is 323 g/mol. The number of hydrogen-bond acceptors (Lipinski definition) is 1. The van der Waals surface area contributed by atoms with Crippen LogP contribution in [0.4, 0.5) is 0 Å². The van der Waals surface area contributed by atoms with E-state index in [1.165, 1.54) is 89.9 Å². The molecule has 1 N–H and O–H groups in total. The molecule has 0 aromatic carbocycles. The van der Waals surface area contributed by atoms with E-state index in [4.69, 9.17) is 5.11 Å². The summed E-state index contributed by atoms with van der Waals surface area (Å²) in [6.45, 7) is 2.29. The Kier molecular flexibility index (Phi) is 20.6. The molecule has 0 bridgehead atoms. The van der Waals surface area contributed by atoms with Crippen molar-refractivity contribution < 1.29 is 5.11 Å². The van der Waals surface area contributed by atoms with E-state index < -0.39 is 0 Å². The standard InChI is InChI=1S/C22H42O/c1-2-3-4-5-6-7-8-9-10-11-12-13-14-15-16-17-18-19-20-21-22-23/h16-17,21-23H,2-15,18-20H2,1H3. The van der Waals surface area contributed by atoms with Crippen molar-refractivity contribution in [2.45, 2.75) is 116 Å². The highest BCUT2D eigenvalue weighted by Gasteiger charge is 1.93. The van der Waals surface area contributed by atoms with Gasteiger partial charge >= 0.3 is 0 Å². The number of aliphatic hydroxyl groups excluding tert-OH is 1. The van der Waals surface area contributed by atoms with Crippen LogP contribution in [0.15, 0.2) is 24.5 Å². The van der Waals surface area contributed by atoms with Crippen LogP contribution in [0, 0.1) is 0 Å². The summed E-state index contributed by atoms with van der Waals surface area (Å²) in [5.41, 5.74) is 0. The summed E-state index contributed by atoms with van der Waals surface area (Å²) in [5, 5.41) is 8.51. The first-order chi connectivity index (χ1) is 11.4. The molecule has 0 saturated carbocycles. The van der Waals surface area contributed by atoms with E-state index in [9.17, 15) is 0 Å². The predicted molar refractivity (Wildman–Crippen MR) is 105 cm³/mol. The summed E-state index contributed by atoms with van der Waals surface area (Å²) in [5.74, 6) is 0. The summed E-state index contributed by atoms with van der Waals surface area (Å²) in [7, 11) is 0. The molecule has 0 atom stereocenters. The molecular weight excluding hydrogens is 280 g/mol. The molecule has 0 aliphatic heterocycles. The van der Waals surface area contributed by atoms with Crippen LogP contribution in [-0.2, 0) is 0 Å². The lowest BCUT2D eigenvalue weighted by atomic mass is 10.0. The van der Waals surface area contributed by atoms with E-state index in [0.29, 0.717) is 0 Å². The Morgan fingerprint density at radius 2 is 0.870 bits per heavy atom. The first-order valence-corrected chi connectivity index (χ1v) is 10.4. The van der Waals surface area contributed by atoms with Gasteiger partial charge in [-0.1, -0.05) is 102 Å². The van der Waals surface area contributed by atoms with Gasteiger partial charge in [0.05, 0.1) is 6.26 Å². The van der Waals surface area contributed by atoms with Crippen LogP contribution < -0.4 is 0 Å². The lowest BCUT2D eigenvalue weighted by Crippen LogP contribution is -1.82. The van der Waals surface area contributed by atoms with Crippen LogP contribution in [0.3, 0.4) is 0 Å². The zero-order chi connectivity index (χ0) is 16.8. The topological polar surface area (TPSA) is 20.2 Å². The summed E-state index contributed by atoms with van der Waals surface area (Å²) in [4.78, 5) is 0. The Morgan fingerprint density at radius 1 is 0.478 bits per heavy atom. The lowest BCUT2D eigenvalue weighted by Gasteiger charge is -2.02. The van der Waals surface area contributed by atoms with Gasteiger partial charge < -0.3 is 5.11 Å². The first-order valence-electron chi connectivity index (χ1n) is 10.4. The van der Waals surface area contributed by atoms with Gasteiger partial charge in [-0.25, -0.2) is 0 Å². The van der Waals surface area contributed by atoms with Gasteiger partial charge in [-0.05, 0) is 32.1 Å². The second-order valence-electron chi connectivity index (χ2n) is 6.82. The highest BCUT2D eigenvalue weighted by molar-refractivity contribution is 4.82. The molecule has 0 rings (SSSR count). The third kappa shape index (κ3) is 21.3. The minimum atomic E-state index is 0.986. The van der Waals surface area contributed by atoms with E-state index in [0.717, 1.165) is 25.5 Å². The van der Waals surface area contributed by atoms with Crippen molar-refractivity contribution in [3.8, 4) is 0 Å². The summed E-state index contributed by atoms with van der Waals surface area (Å²) >= 11 is 0. The second-order valence-corrected chi connectivity index (χ2v) is 6.82. The van der Waals surface area contributed by atoms with Crippen LogP contribution in [0.5, 0.6) is 0 Å². The molecule has 23 heavy (non-hydrogen) atoms. The molecule has 1 nitrogen and oxygen atoms in total. The van der Waals surface area contributed by atoms with Gasteiger partial charge in [-0.3, -0.25) is 0 Å². The van der Waals surface area contributed by atoms with E-state index in [1.807, 2.05) is 6.08 Å². The van der Waals surface area contributed by atoms with E-state index in [-0.39, 0.29) is 0 Å². The molecule has 0 saturated heterocycles. The Balaban J connectivity index is 3.03. The maximum absolute atomic E-state index is 8.51. The van der Waals surface area contributed by atoms with E-state index >= 15 is 0 Å². The minimum absolute atomic E-state index is 0.986. The predicted octanol–water partition coefficient (Wildman–Crippen LogP) is 8.27. The summed E-state index contributed by atoms with van der Waals surface area (Å²) in [6, 6.07) is 0. The van der Waals surface area contributed by atoms with Crippen LogP contribution >= 0.6 is 0 Å². The van der Waals surface area contributed by atoms with E-state index in [2.05, 4.69) is 19.1 Å². The van der Waals surface area contributed by atoms with Crippen molar-refractivity contribution in [2.24, 2.45) is 0 Å². The number of hydrogen-bond donors (Lipinski definition) is 1. The molecule has 0 fully saturated rings. The van der Waals surface area contributed by atoms with Crippen molar-refractivity contribution in [2.75, 3.05) is 0 Å².